The summed E-state index contributed by atoms with van der Waals surface area (Å²) in [5, 5.41) is 9.76. The van der Waals surface area contributed by atoms with E-state index >= 15 is 0 Å². The second kappa shape index (κ2) is 5.48. The quantitative estimate of drug-likeness (QED) is 0.766. The van der Waals surface area contributed by atoms with Crippen LogP contribution in [0.5, 0.6) is 0 Å². The van der Waals surface area contributed by atoms with Crippen LogP contribution in [-0.2, 0) is 0 Å². The van der Waals surface area contributed by atoms with E-state index in [4.69, 9.17) is 5.73 Å². The Bertz CT molecular complexity index is 212. The minimum Gasteiger partial charge on any atom is -0.389 e. The lowest BCUT2D eigenvalue weighted by molar-refractivity contribution is 0.0355. The van der Waals surface area contributed by atoms with Crippen molar-refractivity contribution in [3.8, 4) is 0 Å². The van der Waals surface area contributed by atoms with Crippen LogP contribution in [0.1, 0.15) is 40.0 Å². The van der Waals surface area contributed by atoms with Crippen molar-refractivity contribution in [2.24, 2.45) is 17.6 Å². The van der Waals surface area contributed by atoms with Gasteiger partial charge >= 0.3 is 0 Å². The third-order valence-corrected chi connectivity index (χ3v) is 3.51. The fourth-order valence-electron chi connectivity index (χ4n) is 2.86. The molecule has 1 saturated carbocycles. The van der Waals surface area contributed by atoms with Crippen molar-refractivity contribution >= 4 is 0 Å². The van der Waals surface area contributed by atoms with Crippen LogP contribution in [0, 0.1) is 11.8 Å². The number of hydrogen-bond acceptors (Lipinski definition) is 3. The maximum absolute atomic E-state index is 9.76. The van der Waals surface area contributed by atoms with Crippen LogP contribution in [0.2, 0.25) is 0 Å². The predicted octanol–water partition coefficient (Wildman–Crippen LogP) is 1.45. The smallest absolute Gasteiger partial charge is 0.0718 e. The molecule has 0 aromatic rings. The number of hydrogen-bond donors (Lipinski definition) is 2. The fourth-order valence-corrected chi connectivity index (χ4v) is 2.86. The molecule has 0 saturated heterocycles. The lowest BCUT2D eigenvalue weighted by atomic mass is 9.79. The van der Waals surface area contributed by atoms with Crippen LogP contribution >= 0.6 is 0 Å². The lowest BCUT2D eigenvalue weighted by Gasteiger charge is -2.36. The molecule has 3 heteroatoms. The topological polar surface area (TPSA) is 49.5 Å². The van der Waals surface area contributed by atoms with E-state index in [-0.39, 0.29) is 0 Å². The minimum atomic E-state index is -0.612. The summed E-state index contributed by atoms with van der Waals surface area (Å²) in [6.07, 6.45) is 3.66. The molecule has 3 N–H and O–H groups in total. The molecule has 0 radical (unpaired) electrons. The Morgan fingerprint density at radius 2 is 2.00 bits per heavy atom. The zero-order valence-corrected chi connectivity index (χ0v) is 11.2. The maximum atomic E-state index is 9.76. The van der Waals surface area contributed by atoms with Gasteiger partial charge in [-0.1, -0.05) is 6.92 Å². The van der Waals surface area contributed by atoms with Crippen LogP contribution in [0.4, 0.5) is 0 Å². The van der Waals surface area contributed by atoms with Gasteiger partial charge in [-0.3, -0.25) is 0 Å². The summed E-state index contributed by atoms with van der Waals surface area (Å²) in [6, 6.07) is 0.348. The zero-order chi connectivity index (χ0) is 12.3. The normalized spacial score (nSPS) is 32.1. The van der Waals surface area contributed by atoms with Crippen molar-refractivity contribution in [1.29, 1.82) is 0 Å². The van der Waals surface area contributed by atoms with Crippen molar-refractivity contribution in [2.75, 3.05) is 20.1 Å². The van der Waals surface area contributed by atoms with Crippen molar-refractivity contribution < 1.29 is 5.11 Å². The molecular weight excluding hydrogens is 200 g/mol. The Balaban J connectivity index is 2.40. The average Bonchev–Trinajstić information content (AvgIpc) is 2.08. The lowest BCUT2D eigenvalue weighted by Crippen LogP contribution is -2.45. The van der Waals surface area contributed by atoms with E-state index in [0.29, 0.717) is 18.5 Å². The number of aliphatic hydroxyl groups is 1. The maximum Gasteiger partial charge on any atom is 0.0718 e. The van der Waals surface area contributed by atoms with Gasteiger partial charge in [0.15, 0.2) is 0 Å². The Kier molecular flexibility index (Phi) is 4.77. The summed E-state index contributed by atoms with van der Waals surface area (Å²) in [6.45, 7) is 7.74. The Hall–Kier alpha value is -0.120. The number of likely N-dealkylation sites (N-methyl/N-ethyl adjacent to an activating group) is 1. The summed E-state index contributed by atoms with van der Waals surface area (Å²) in [4.78, 5) is 2.21. The highest BCUT2D eigenvalue weighted by Crippen LogP contribution is 2.28. The molecule has 1 aliphatic carbocycles. The van der Waals surface area contributed by atoms with Gasteiger partial charge in [0, 0.05) is 19.1 Å². The molecule has 1 aliphatic rings. The Labute approximate surface area is 100 Å². The van der Waals surface area contributed by atoms with Gasteiger partial charge < -0.3 is 15.7 Å². The van der Waals surface area contributed by atoms with Gasteiger partial charge in [0.05, 0.1) is 5.60 Å². The number of nitrogens with zero attached hydrogens (tertiary/aromatic N) is 1. The molecule has 3 atom stereocenters. The van der Waals surface area contributed by atoms with Crippen LogP contribution < -0.4 is 5.73 Å². The van der Waals surface area contributed by atoms with Crippen LogP contribution in [0.3, 0.4) is 0 Å². The largest absolute Gasteiger partial charge is 0.389 e. The molecule has 1 fully saturated rings. The Morgan fingerprint density at radius 1 is 1.38 bits per heavy atom. The van der Waals surface area contributed by atoms with E-state index in [2.05, 4.69) is 18.9 Å². The highest BCUT2D eigenvalue weighted by atomic mass is 16.3. The van der Waals surface area contributed by atoms with E-state index in [9.17, 15) is 5.11 Å². The number of rotatable bonds is 4. The van der Waals surface area contributed by atoms with Crippen LogP contribution in [0.15, 0.2) is 0 Å². The first-order valence-corrected chi connectivity index (χ1v) is 6.44. The standard InChI is InChI=1S/C13H28N2O/c1-10-5-6-12(14)11(7-10)8-15(4)9-13(2,3)16/h10-12,16H,5-9,14H2,1-4H3. The second-order valence-corrected chi connectivity index (χ2v) is 6.35. The molecule has 0 heterocycles. The van der Waals surface area contributed by atoms with Crippen LogP contribution in [0.25, 0.3) is 0 Å². The first kappa shape index (κ1) is 13.9. The zero-order valence-electron chi connectivity index (χ0n) is 11.2. The molecular formula is C13H28N2O. The van der Waals surface area contributed by atoms with Gasteiger partial charge in [-0.05, 0) is 52.0 Å². The summed E-state index contributed by atoms with van der Waals surface area (Å²) >= 11 is 0. The fraction of sp³-hybridized carbons (Fsp3) is 1.00. The molecule has 0 spiro atoms. The van der Waals surface area contributed by atoms with Crippen molar-refractivity contribution in [2.45, 2.75) is 51.7 Å². The monoisotopic (exact) mass is 228 g/mol. The van der Waals surface area contributed by atoms with E-state index in [1.807, 2.05) is 13.8 Å². The van der Waals surface area contributed by atoms with Gasteiger partial charge in [-0.15, -0.1) is 0 Å². The molecule has 0 bridgehead atoms. The minimum absolute atomic E-state index is 0.348. The molecule has 3 nitrogen and oxygen atoms in total. The van der Waals surface area contributed by atoms with Gasteiger partial charge in [-0.2, -0.15) is 0 Å². The third kappa shape index (κ3) is 4.81. The number of nitrogens with two attached hydrogens (primary N) is 1. The molecule has 3 unspecified atom stereocenters. The van der Waals surface area contributed by atoms with Gasteiger partial charge in [0.2, 0.25) is 0 Å². The van der Waals surface area contributed by atoms with E-state index < -0.39 is 5.60 Å². The summed E-state index contributed by atoms with van der Waals surface area (Å²) in [7, 11) is 2.07. The second-order valence-electron chi connectivity index (χ2n) is 6.35. The average molecular weight is 228 g/mol. The van der Waals surface area contributed by atoms with Crippen molar-refractivity contribution in [1.82, 2.24) is 4.90 Å². The first-order valence-electron chi connectivity index (χ1n) is 6.44. The molecule has 0 amide bonds. The molecule has 0 aromatic carbocycles. The third-order valence-electron chi connectivity index (χ3n) is 3.51. The summed E-state index contributed by atoms with van der Waals surface area (Å²) in [5.41, 5.74) is 5.55. The van der Waals surface area contributed by atoms with Crippen molar-refractivity contribution in [3.05, 3.63) is 0 Å². The van der Waals surface area contributed by atoms with Gasteiger partial charge in [-0.25, -0.2) is 0 Å². The molecule has 0 aliphatic heterocycles. The molecule has 96 valence electrons. The molecule has 0 aromatic heterocycles. The van der Waals surface area contributed by atoms with Crippen molar-refractivity contribution in [3.63, 3.8) is 0 Å². The van der Waals surface area contributed by atoms with Gasteiger partial charge in [0.1, 0.15) is 0 Å². The Morgan fingerprint density at radius 3 is 2.56 bits per heavy atom. The molecule has 16 heavy (non-hydrogen) atoms. The summed E-state index contributed by atoms with van der Waals surface area (Å²) in [5.74, 6) is 1.40. The molecule has 1 rings (SSSR count). The van der Waals surface area contributed by atoms with E-state index in [0.717, 1.165) is 18.9 Å². The van der Waals surface area contributed by atoms with Crippen LogP contribution in [-0.4, -0.2) is 41.8 Å². The van der Waals surface area contributed by atoms with E-state index in [1.54, 1.807) is 0 Å². The first-order chi connectivity index (χ1) is 7.28. The van der Waals surface area contributed by atoms with E-state index in [1.165, 1.54) is 12.8 Å². The van der Waals surface area contributed by atoms with Gasteiger partial charge in [0.25, 0.3) is 0 Å². The highest BCUT2D eigenvalue weighted by molar-refractivity contribution is 4.83. The highest BCUT2D eigenvalue weighted by Gasteiger charge is 2.27. The summed E-state index contributed by atoms with van der Waals surface area (Å²) < 4.78 is 0. The SMILES string of the molecule is CC1CCC(N)C(CN(C)CC(C)(C)O)C1. The predicted molar refractivity (Wildman–Crippen MR) is 68.3 cm³/mol.